The molecule has 0 fully saturated rings. The molecule has 0 unspecified atom stereocenters. The molecule has 0 heterocycles. The Balaban J connectivity index is 0.000000292. The molecule has 28 heavy (non-hydrogen) atoms. The average molecular weight is 433 g/mol. The highest BCUT2D eigenvalue weighted by Gasteiger charge is 2.30. The normalized spacial score (nSPS) is 9.64. The number of phenolic OH excluding ortho intramolecular Hbond substituents is 1. The van der Waals surface area contributed by atoms with Gasteiger partial charge < -0.3 is 16.6 Å². The third-order valence-corrected chi connectivity index (χ3v) is 3.37. The van der Waals surface area contributed by atoms with Crippen molar-refractivity contribution in [3.63, 3.8) is 0 Å². The summed E-state index contributed by atoms with van der Waals surface area (Å²) in [6, 6.07) is 5.77. The first-order chi connectivity index (χ1) is 12.9. The molecule has 2 rings (SSSR count). The van der Waals surface area contributed by atoms with Gasteiger partial charge in [-0.05, 0) is 18.2 Å². The average Bonchev–Trinajstić information content (AvgIpc) is 2.57. The maximum absolute atomic E-state index is 10.4. The van der Waals surface area contributed by atoms with Crippen LogP contribution in [0.3, 0.4) is 0 Å². The smallest absolute Gasteiger partial charge is 0.324 e. The number of nitrogens with two attached hydrogens (primary N) is 2. The Hall–Kier alpha value is -3.71. The Morgan fingerprint density at radius 3 is 1.82 bits per heavy atom. The van der Waals surface area contributed by atoms with Crippen molar-refractivity contribution in [1.82, 2.24) is 0 Å². The van der Waals surface area contributed by atoms with E-state index in [2.05, 4.69) is 4.99 Å². The lowest BCUT2D eigenvalue weighted by atomic mass is 10.2. The molecule has 5 N–H and O–H groups in total. The molecule has 0 aliphatic rings. The summed E-state index contributed by atoms with van der Waals surface area (Å²) in [6.07, 6.45) is 0. The number of aromatic hydroxyl groups is 1. The van der Waals surface area contributed by atoms with Crippen molar-refractivity contribution in [3.8, 4) is 5.75 Å². The van der Waals surface area contributed by atoms with E-state index < -0.39 is 37.6 Å². The molecular formula is C13H10Cl2N6O7. The predicted octanol–water partition coefficient (Wildman–Crippen LogP) is 3.02. The number of phenols is 1. The van der Waals surface area contributed by atoms with Crippen molar-refractivity contribution in [1.29, 1.82) is 0 Å². The van der Waals surface area contributed by atoms with Gasteiger partial charge in [-0.1, -0.05) is 23.2 Å². The van der Waals surface area contributed by atoms with Crippen LogP contribution in [0.5, 0.6) is 5.75 Å². The molecule has 0 saturated carbocycles. The molecule has 0 radical (unpaired) electrons. The van der Waals surface area contributed by atoms with Gasteiger partial charge in [0.2, 0.25) is 0 Å². The van der Waals surface area contributed by atoms with Crippen LogP contribution in [0.2, 0.25) is 10.0 Å². The number of benzene rings is 2. The Morgan fingerprint density at radius 2 is 1.43 bits per heavy atom. The Bertz CT molecular complexity index is 943. The molecule has 0 aromatic heterocycles. The minimum Gasteiger partial charge on any atom is -0.497 e. The monoisotopic (exact) mass is 432 g/mol. The second kappa shape index (κ2) is 9.29. The maximum Gasteiger partial charge on any atom is 0.324 e. The van der Waals surface area contributed by atoms with Crippen molar-refractivity contribution in [2.75, 3.05) is 0 Å². The molecule has 0 amide bonds. The number of guanidine groups is 1. The molecule has 2 aromatic carbocycles. The number of nitro groups is 3. The molecule has 0 saturated heterocycles. The number of hydrogen-bond acceptors (Lipinski definition) is 8. The number of halogens is 2. The molecular weight excluding hydrogens is 423 g/mol. The summed E-state index contributed by atoms with van der Waals surface area (Å²) in [4.78, 5) is 31.5. The fraction of sp³-hybridized carbons (Fsp3) is 0. The van der Waals surface area contributed by atoms with E-state index in [1.54, 1.807) is 18.2 Å². The first kappa shape index (κ1) is 22.3. The Kier molecular flexibility index (Phi) is 7.41. The van der Waals surface area contributed by atoms with E-state index in [1.807, 2.05) is 0 Å². The van der Waals surface area contributed by atoms with Crippen LogP contribution in [-0.4, -0.2) is 25.8 Å². The van der Waals surface area contributed by atoms with E-state index in [9.17, 15) is 30.3 Å². The van der Waals surface area contributed by atoms with Gasteiger partial charge in [-0.2, -0.15) is 0 Å². The third kappa shape index (κ3) is 5.93. The van der Waals surface area contributed by atoms with Crippen LogP contribution < -0.4 is 11.5 Å². The summed E-state index contributed by atoms with van der Waals surface area (Å²) < 4.78 is 0. The summed E-state index contributed by atoms with van der Waals surface area (Å²) in [5, 5.41) is 41.2. The molecule has 0 aliphatic heterocycles. The standard InChI is InChI=1S/C7H7Cl2N3.C6H3N3O7/c8-4-1-2-5(9)6(3-4)12-7(10)11;10-6-4(8(13)14)1-3(7(11)12)2-5(6)9(15)16/h1-3H,(H4,10,11,12);1-2,10H. The SMILES string of the molecule is NC(N)=Nc1cc(Cl)ccc1Cl.O=[N+]([O-])c1cc([N+](=O)[O-])c(O)c([N+](=O)[O-])c1. The van der Waals surface area contributed by atoms with Crippen molar-refractivity contribution in [2.45, 2.75) is 0 Å². The Labute approximate surface area is 165 Å². The van der Waals surface area contributed by atoms with E-state index in [4.69, 9.17) is 39.8 Å². The molecule has 0 bridgehead atoms. The van der Waals surface area contributed by atoms with Crippen LogP contribution in [0.15, 0.2) is 35.3 Å². The van der Waals surface area contributed by atoms with Gasteiger partial charge in [-0.15, -0.1) is 0 Å². The largest absolute Gasteiger partial charge is 0.497 e. The molecule has 13 nitrogen and oxygen atoms in total. The highest BCUT2D eigenvalue weighted by molar-refractivity contribution is 6.35. The third-order valence-electron chi connectivity index (χ3n) is 2.82. The number of hydrogen-bond donors (Lipinski definition) is 3. The van der Waals surface area contributed by atoms with Crippen molar-refractivity contribution in [2.24, 2.45) is 16.5 Å². The second-order valence-corrected chi connectivity index (χ2v) is 5.58. The van der Waals surface area contributed by atoms with Crippen molar-refractivity contribution >= 4 is 51.9 Å². The summed E-state index contributed by atoms with van der Waals surface area (Å²) in [7, 11) is 0. The quantitative estimate of drug-likeness (QED) is 0.279. The first-order valence-corrected chi connectivity index (χ1v) is 7.54. The zero-order chi connectivity index (χ0) is 21.6. The lowest BCUT2D eigenvalue weighted by molar-refractivity contribution is -0.404. The number of nitrogens with zero attached hydrogens (tertiary/aromatic N) is 4. The molecule has 148 valence electrons. The highest BCUT2D eigenvalue weighted by atomic mass is 35.5. The number of nitro benzene ring substituents is 3. The van der Waals surface area contributed by atoms with Gasteiger partial charge >= 0.3 is 11.4 Å². The number of non-ortho nitro benzene ring substituents is 1. The summed E-state index contributed by atoms with van der Waals surface area (Å²) >= 11 is 11.5. The Morgan fingerprint density at radius 1 is 0.929 bits per heavy atom. The van der Waals surface area contributed by atoms with Crippen LogP contribution in [0, 0.1) is 30.3 Å². The summed E-state index contributed by atoms with van der Waals surface area (Å²) in [5.74, 6) is -1.25. The summed E-state index contributed by atoms with van der Waals surface area (Å²) in [6.45, 7) is 0. The van der Waals surface area contributed by atoms with E-state index in [0.29, 0.717) is 27.9 Å². The van der Waals surface area contributed by atoms with Gasteiger partial charge in [0.25, 0.3) is 11.4 Å². The minimum atomic E-state index is -1.21. The molecule has 2 aromatic rings. The lowest BCUT2D eigenvalue weighted by Crippen LogP contribution is -2.21. The zero-order valence-electron chi connectivity index (χ0n) is 13.5. The van der Waals surface area contributed by atoms with Crippen molar-refractivity contribution < 1.29 is 19.9 Å². The topological polar surface area (TPSA) is 214 Å². The summed E-state index contributed by atoms with van der Waals surface area (Å²) in [5.41, 5.74) is 7.81. The van der Waals surface area contributed by atoms with Crippen LogP contribution in [0.25, 0.3) is 0 Å². The van der Waals surface area contributed by atoms with Crippen LogP contribution >= 0.6 is 23.2 Å². The van der Waals surface area contributed by atoms with E-state index in [0.717, 1.165) is 0 Å². The van der Waals surface area contributed by atoms with Crippen LogP contribution in [0.1, 0.15) is 0 Å². The zero-order valence-corrected chi connectivity index (χ0v) is 15.0. The fourth-order valence-corrected chi connectivity index (χ4v) is 2.01. The van der Waals surface area contributed by atoms with Crippen LogP contribution in [-0.2, 0) is 0 Å². The van der Waals surface area contributed by atoms with Gasteiger partial charge in [-0.25, -0.2) is 4.99 Å². The van der Waals surface area contributed by atoms with E-state index >= 15 is 0 Å². The fourth-order valence-electron chi connectivity index (χ4n) is 1.68. The minimum absolute atomic E-state index is 0.0424. The highest BCUT2D eigenvalue weighted by Crippen LogP contribution is 2.38. The number of aliphatic imine (C=N–C) groups is 1. The number of rotatable bonds is 4. The van der Waals surface area contributed by atoms with Gasteiger partial charge in [0.1, 0.15) is 0 Å². The van der Waals surface area contributed by atoms with E-state index in [1.165, 1.54) is 0 Å². The van der Waals surface area contributed by atoms with Crippen molar-refractivity contribution in [3.05, 3.63) is 70.7 Å². The first-order valence-electron chi connectivity index (χ1n) is 6.79. The molecule has 15 heteroatoms. The molecule has 0 aliphatic carbocycles. The molecule has 0 atom stereocenters. The van der Waals surface area contributed by atoms with E-state index in [-0.39, 0.29) is 5.96 Å². The predicted molar refractivity (Wildman–Crippen MR) is 100 cm³/mol. The lowest BCUT2D eigenvalue weighted by Gasteiger charge is -1.98. The molecule has 0 spiro atoms. The van der Waals surface area contributed by atoms with Crippen LogP contribution in [0.4, 0.5) is 22.7 Å². The second-order valence-electron chi connectivity index (χ2n) is 4.74. The van der Waals surface area contributed by atoms with Gasteiger partial charge in [0.05, 0.1) is 37.6 Å². The van der Waals surface area contributed by atoms with Gasteiger partial charge in [0.15, 0.2) is 5.96 Å². The van der Waals surface area contributed by atoms with Gasteiger partial charge in [0, 0.05) is 5.02 Å². The maximum atomic E-state index is 10.4. The van der Waals surface area contributed by atoms with Gasteiger partial charge in [-0.3, -0.25) is 30.3 Å².